The number of hydrazone groups is 1. The third-order valence-electron chi connectivity index (χ3n) is 2.75. The Morgan fingerprint density at radius 2 is 2.50 bits per heavy atom. The number of thiophene rings is 1. The molecule has 0 saturated heterocycles. The van der Waals surface area contributed by atoms with Crippen LogP contribution in [0.2, 0.25) is 0 Å². The standard InChI is InChI=1S/C12H12N4OS/c17-12(16-13-7-9-2-1-5-18-9)11-6-10(14-15-11)8-3-4-8/h1-2,5-8H,3-4H2,(H,14,15)(H,16,17)/b13-7-. The van der Waals surface area contributed by atoms with Crippen LogP contribution in [0.25, 0.3) is 0 Å². The number of aromatic nitrogens is 2. The van der Waals surface area contributed by atoms with Crippen LogP contribution in [0.15, 0.2) is 28.7 Å². The van der Waals surface area contributed by atoms with Crippen LogP contribution in [-0.2, 0) is 0 Å². The van der Waals surface area contributed by atoms with E-state index in [0.717, 1.165) is 10.6 Å². The van der Waals surface area contributed by atoms with Gasteiger partial charge in [-0.1, -0.05) is 6.07 Å². The smallest absolute Gasteiger partial charge is 0.281 e. The summed E-state index contributed by atoms with van der Waals surface area (Å²) in [6.45, 7) is 0. The van der Waals surface area contributed by atoms with Gasteiger partial charge in [0, 0.05) is 16.5 Å². The Hall–Kier alpha value is -1.95. The number of carbonyl (C=O) groups excluding carboxylic acids is 1. The summed E-state index contributed by atoms with van der Waals surface area (Å²) in [6.07, 6.45) is 3.98. The molecule has 18 heavy (non-hydrogen) atoms. The minimum absolute atomic E-state index is 0.286. The lowest BCUT2D eigenvalue weighted by atomic mass is 10.2. The highest BCUT2D eigenvalue weighted by Crippen LogP contribution is 2.38. The average Bonchev–Trinajstić information content (AvgIpc) is 2.92. The van der Waals surface area contributed by atoms with Crippen LogP contribution >= 0.6 is 11.3 Å². The molecule has 1 saturated carbocycles. The molecule has 2 aromatic rings. The van der Waals surface area contributed by atoms with E-state index in [-0.39, 0.29) is 5.91 Å². The van der Waals surface area contributed by atoms with Crippen LogP contribution in [0.4, 0.5) is 0 Å². The Bertz CT molecular complexity index is 569. The molecule has 92 valence electrons. The first-order chi connectivity index (χ1) is 8.83. The fourth-order valence-corrected chi connectivity index (χ4v) is 2.22. The van der Waals surface area contributed by atoms with Gasteiger partial charge in [-0.2, -0.15) is 10.2 Å². The van der Waals surface area contributed by atoms with Crippen LogP contribution in [0, 0.1) is 0 Å². The molecule has 0 atom stereocenters. The van der Waals surface area contributed by atoms with Crippen molar-refractivity contribution in [3.05, 3.63) is 39.8 Å². The van der Waals surface area contributed by atoms with Crippen molar-refractivity contribution in [2.45, 2.75) is 18.8 Å². The molecule has 2 N–H and O–H groups in total. The van der Waals surface area contributed by atoms with Crippen molar-refractivity contribution in [2.75, 3.05) is 0 Å². The topological polar surface area (TPSA) is 70.1 Å². The molecule has 0 spiro atoms. The maximum absolute atomic E-state index is 11.7. The minimum Gasteiger partial charge on any atom is -0.281 e. The van der Waals surface area contributed by atoms with Crippen molar-refractivity contribution in [2.24, 2.45) is 5.10 Å². The average molecular weight is 260 g/mol. The Kier molecular flexibility index (Phi) is 2.93. The summed E-state index contributed by atoms with van der Waals surface area (Å²) < 4.78 is 0. The van der Waals surface area contributed by atoms with Gasteiger partial charge in [-0.25, -0.2) is 5.43 Å². The summed E-state index contributed by atoms with van der Waals surface area (Å²) in [4.78, 5) is 12.7. The molecular formula is C12H12N4OS. The molecule has 0 radical (unpaired) electrons. The van der Waals surface area contributed by atoms with E-state index < -0.39 is 0 Å². The van der Waals surface area contributed by atoms with E-state index in [9.17, 15) is 4.79 Å². The summed E-state index contributed by atoms with van der Waals surface area (Å²) in [6, 6.07) is 5.66. The van der Waals surface area contributed by atoms with Gasteiger partial charge >= 0.3 is 0 Å². The van der Waals surface area contributed by atoms with E-state index in [1.165, 1.54) is 12.8 Å². The maximum Gasteiger partial charge on any atom is 0.291 e. The van der Waals surface area contributed by atoms with E-state index in [0.29, 0.717) is 11.6 Å². The first-order valence-corrected chi connectivity index (χ1v) is 6.63. The van der Waals surface area contributed by atoms with Crippen LogP contribution in [0.5, 0.6) is 0 Å². The van der Waals surface area contributed by atoms with Gasteiger partial charge in [0.15, 0.2) is 5.69 Å². The highest BCUT2D eigenvalue weighted by Gasteiger charge is 2.26. The van der Waals surface area contributed by atoms with Gasteiger partial charge in [0.05, 0.1) is 6.21 Å². The predicted molar refractivity (Wildman–Crippen MR) is 69.9 cm³/mol. The molecule has 1 aliphatic rings. The highest BCUT2D eigenvalue weighted by atomic mass is 32.1. The van der Waals surface area contributed by atoms with Crippen LogP contribution in [0.3, 0.4) is 0 Å². The SMILES string of the molecule is O=C(N/N=C\c1cccs1)c1cc(C2CC2)[nH]n1. The Morgan fingerprint density at radius 3 is 3.22 bits per heavy atom. The molecule has 2 heterocycles. The fourth-order valence-electron chi connectivity index (χ4n) is 1.63. The molecule has 0 unspecified atom stereocenters. The number of hydrogen-bond donors (Lipinski definition) is 2. The zero-order chi connectivity index (χ0) is 12.4. The molecule has 1 aliphatic carbocycles. The van der Waals surface area contributed by atoms with E-state index in [1.807, 2.05) is 17.5 Å². The third kappa shape index (κ3) is 2.48. The van der Waals surface area contributed by atoms with Crippen molar-refractivity contribution < 1.29 is 4.79 Å². The van der Waals surface area contributed by atoms with Crippen molar-refractivity contribution in [1.82, 2.24) is 15.6 Å². The number of aromatic amines is 1. The number of H-pyrrole nitrogens is 1. The van der Waals surface area contributed by atoms with Gasteiger partial charge in [0.1, 0.15) is 0 Å². The van der Waals surface area contributed by atoms with Crippen molar-refractivity contribution in [1.29, 1.82) is 0 Å². The molecule has 1 fully saturated rings. The summed E-state index contributed by atoms with van der Waals surface area (Å²) in [7, 11) is 0. The molecule has 6 heteroatoms. The molecule has 2 aromatic heterocycles. The number of nitrogens with zero attached hydrogens (tertiary/aromatic N) is 2. The highest BCUT2D eigenvalue weighted by molar-refractivity contribution is 7.11. The first kappa shape index (κ1) is 11.2. The first-order valence-electron chi connectivity index (χ1n) is 5.75. The number of hydrogen-bond acceptors (Lipinski definition) is 4. The van der Waals surface area contributed by atoms with Gasteiger partial charge in [-0.3, -0.25) is 9.89 Å². The molecule has 0 bridgehead atoms. The van der Waals surface area contributed by atoms with Crippen LogP contribution < -0.4 is 5.43 Å². The quantitative estimate of drug-likeness (QED) is 0.653. The third-order valence-corrected chi connectivity index (χ3v) is 3.56. The number of nitrogens with one attached hydrogen (secondary N) is 2. The molecule has 0 aliphatic heterocycles. The maximum atomic E-state index is 11.7. The van der Waals surface area contributed by atoms with Crippen molar-refractivity contribution in [3.8, 4) is 0 Å². The monoisotopic (exact) mass is 260 g/mol. The second-order valence-corrected chi connectivity index (χ2v) is 5.18. The molecule has 1 amide bonds. The van der Waals surface area contributed by atoms with Gasteiger partial charge in [0.2, 0.25) is 0 Å². The Balaban J connectivity index is 1.60. The van der Waals surface area contributed by atoms with E-state index >= 15 is 0 Å². The normalized spacial score (nSPS) is 15.1. The van der Waals surface area contributed by atoms with Gasteiger partial charge in [0.25, 0.3) is 5.91 Å². The van der Waals surface area contributed by atoms with Gasteiger partial charge in [-0.05, 0) is 30.4 Å². The Labute approximate surface area is 108 Å². The number of amides is 1. The summed E-state index contributed by atoms with van der Waals surface area (Å²) in [5, 5.41) is 12.7. The molecular weight excluding hydrogens is 248 g/mol. The largest absolute Gasteiger partial charge is 0.291 e. The second-order valence-electron chi connectivity index (χ2n) is 4.20. The van der Waals surface area contributed by atoms with Crippen molar-refractivity contribution >= 4 is 23.5 Å². The number of carbonyl (C=O) groups is 1. The second kappa shape index (κ2) is 4.73. The van der Waals surface area contributed by atoms with E-state index in [4.69, 9.17) is 0 Å². The minimum atomic E-state index is -0.286. The lowest BCUT2D eigenvalue weighted by Crippen LogP contribution is -2.17. The van der Waals surface area contributed by atoms with E-state index in [2.05, 4.69) is 20.7 Å². The van der Waals surface area contributed by atoms with Gasteiger partial charge in [-0.15, -0.1) is 11.3 Å². The lowest BCUT2D eigenvalue weighted by molar-refractivity contribution is 0.0950. The van der Waals surface area contributed by atoms with Gasteiger partial charge < -0.3 is 0 Å². The van der Waals surface area contributed by atoms with E-state index in [1.54, 1.807) is 23.6 Å². The zero-order valence-corrected chi connectivity index (χ0v) is 10.4. The van der Waals surface area contributed by atoms with Crippen LogP contribution in [-0.4, -0.2) is 22.3 Å². The predicted octanol–water partition coefficient (Wildman–Crippen LogP) is 2.11. The number of rotatable bonds is 4. The summed E-state index contributed by atoms with van der Waals surface area (Å²) in [5.41, 5.74) is 3.90. The van der Waals surface area contributed by atoms with Crippen LogP contribution in [0.1, 0.15) is 39.8 Å². The summed E-state index contributed by atoms with van der Waals surface area (Å²) >= 11 is 1.56. The summed E-state index contributed by atoms with van der Waals surface area (Å²) in [5.74, 6) is 0.277. The van der Waals surface area contributed by atoms with Crippen molar-refractivity contribution in [3.63, 3.8) is 0 Å². The lowest BCUT2D eigenvalue weighted by Gasteiger charge is -1.93. The molecule has 5 nitrogen and oxygen atoms in total. The zero-order valence-electron chi connectivity index (χ0n) is 9.59. The fraction of sp³-hybridized carbons (Fsp3) is 0.250. The molecule has 3 rings (SSSR count). The molecule has 0 aromatic carbocycles. The Morgan fingerprint density at radius 1 is 1.61 bits per heavy atom.